The second kappa shape index (κ2) is 25.3. The predicted octanol–water partition coefficient (Wildman–Crippen LogP) is 12.8. The highest BCUT2D eigenvalue weighted by Gasteiger charge is 2.17. The minimum atomic E-state index is 0.556. The lowest BCUT2D eigenvalue weighted by Crippen LogP contribution is -2.05. The molecule has 1 N–H and O–H groups in total. The van der Waals surface area contributed by atoms with Crippen LogP contribution in [0, 0.1) is 0 Å². The van der Waals surface area contributed by atoms with E-state index in [1.54, 1.807) is 0 Å². The van der Waals surface area contributed by atoms with Crippen molar-refractivity contribution in [1.29, 1.82) is 0 Å². The molecule has 0 aliphatic heterocycles. The third-order valence-electron chi connectivity index (χ3n) is 8.47. The summed E-state index contributed by atoms with van der Waals surface area (Å²) in [5, 5.41) is 10.8. The van der Waals surface area contributed by atoms with Crippen LogP contribution in [0.5, 0.6) is 5.75 Å². The topological polar surface area (TPSA) is 20.2 Å². The lowest BCUT2D eigenvalue weighted by molar-refractivity contribution is 0.454. The Balaban J connectivity index is 2.55. The molecule has 216 valence electrons. The van der Waals surface area contributed by atoms with Crippen LogP contribution in [0.1, 0.15) is 198 Å². The van der Waals surface area contributed by atoms with Gasteiger partial charge in [-0.2, -0.15) is 0 Å². The molecule has 1 nitrogen and oxygen atoms in total. The van der Waals surface area contributed by atoms with Crippen molar-refractivity contribution >= 4 is 0 Å². The van der Waals surface area contributed by atoms with E-state index in [1.165, 1.54) is 172 Å². The second-order valence-corrected chi connectivity index (χ2v) is 11.9. The van der Waals surface area contributed by atoms with Gasteiger partial charge in [0.1, 0.15) is 5.75 Å². The molecular formula is C36H66O. The van der Waals surface area contributed by atoms with E-state index in [2.05, 4.69) is 32.9 Å². The number of rotatable bonds is 27. The zero-order valence-corrected chi connectivity index (χ0v) is 25.6. The Kier molecular flexibility index (Phi) is 23.3. The Morgan fingerprint density at radius 2 is 0.865 bits per heavy atom. The fraction of sp³-hybridized carbons (Fsp3) is 0.833. The van der Waals surface area contributed by atoms with Crippen LogP contribution in [0.15, 0.2) is 18.2 Å². The van der Waals surface area contributed by atoms with Crippen molar-refractivity contribution in [3.05, 3.63) is 29.3 Å². The van der Waals surface area contributed by atoms with Crippen LogP contribution in [0.4, 0.5) is 0 Å². The second-order valence-electron chi connectivity index (χ2n) is 11.9. The fourth-order valence-electron chi connectivity index (χ4n) is 6.01. The molecule has 1 atom stereocenters. The van der Waals surface area contributed by atoms with Gasteiger partial charge in [-0.05, 0) is 48.8 Å². The predicted molar refractivity (Wildman–Crippen MR) is 167 cm³/mol. The number of phenols is 1. The lowest BCUT2D eigenvalue weighted by atomic mass is 9.84. The van der Waals surface area contributed by atoms with Gasteiger partial charge in [-0.1, -0.05) is 174 Å². The van der Waals surface area contributed by atoms with Gasteiger partial charge in [-0.15, -0.1) is 0 Å². The van der Waals surface area contributed by atoms with Gasteiger partial charge in [0.05, 0.1) is 0 Å². The van der Waals surface area contributed by atoms with E-state index in [4.69, 9.17) is 0 Å². The highest BCUT2D eigenvalue weighted by Crippen LogP contribution is 2.35. The van der Waals surface area contributed by atoms with Crippen LogP contribution in [-0.4, -0.2) is 5.11 Å². The van der Waals surface area contributed by atoms with Gasteiger partial charge in [-0.3, -0.25) is 0 Å². The summed E-state index contributed by atoms with van der Waals surface area (Å²) in [5.74, 6) is 1.19. The van der Waals surface area contributed by atoms with Crippen molar-refractivity contribution in [3.63, 3.8) is 0 Å². The van der Waals surface area contributed by atoms with Crippen molar-refractivity contribution in [2.24, 2.45) is 0 Å². The molecule has 1 aromatic rings. The molecule has 0 spiro atoms. The molecule has 0 saturated heterocycles. The molecule has 0 heterocycles. The maximum Gasteiger partial charge on any atom is 0.119 e. The third-order valence-corrected chi connectivity index (χ3v) is 8.47. The first-order valence-electron chi connectivity index (χ1n) is 17.0. The summed E-state index contributed by atoms with van der Waals surface area (Å²) in [6, 6.07) is 6.39. The number of aromatic hydroxyl groups is 1. The Hall–Kier alpha value is -0.980. The fourth-order valence-corrected chi connectivity index (χ4v) is 6.01. The van der Waals surface area contributed by atoms with E-state index in [0.717, 1.165) is 6.42 Å². The largest absolute Gasteiger partial charge is 0.508 e. The van der Waals surface area contributed by atoms with Gasteiger partial charge < -0.3 is 5.11 Å². The van der Waals surface area contributed by atoms with Crippen molar-refractivity contribution in [2.75, 3.05) is 0 Å². The Bertz CT molecular complexity index is 607. The van der Waals surface area contributed by atoms with Crippen molar-refractivity contribution in [1.82, 2.24) is 0 Å². The summed E-state index contributed by atoms with van der Waals surface area (Å²) in [6.45, 7) is 6.90. The van der Waals surface area contributed by atoms with Gasteiger partial charge in [0, 0.05) is 0 Å². The van der Waals surface area contributed by atoms with Crippen LogP contribution in [0.25, 0.3) is 0 Å². The molecular weight excluding hydrogens is 448 g/mol. The van der Waals surface area contributed by atoms with Crippen LogP contribution in [0.2, 0.25) is 0 Å². The first kappa shape index (κ1) is 34.0. The first-order chi connectivity index (χ1) is 18.2. The summed E-state index contributed by atoms with van der Waals surface area (Å²) in [6.07, 6.45) is 35.2. The molecule has 0 bridgehead atoms. The highest BCUT2D eigenvalue weighted by atomic mass is 16.3. The van der Waals surface area contributed by atoms with Crippen molar-refractivity contribution in [3.8, 4) is 5.75 Å². The monoisotopic (exact) mass is 515 g/mol. The normalized spacial score (nSPS) is 12.3. The average molecular weight is 515 g/mol. The van der Waals surface area contributed by atoms with Gasteiger partial charge in [0.15, 0.2) is 0 Å². The van der Waals surface area contributed by atoms with Gasteiger partial charge in [0.25, 0.3) is 0 Å². The minimum absolute atomic E-state index is 0.556. The molecule has 1 unspecified atom stereocenters. The van der Waals surface area contributed by atoms with Crippen molar-refractivity contribution in [2.45, 2.75) is 194 Å². The molecule has 1 aromatic carbocycles. The standard InChI is InChI=1S/C36H66O/c1-4-7-10-13-16-17-18-20-23-26-30-35-34(31-27-32-36(35)37)33(28-24-21-15-12-9-6-3)29-25-22-19-14-11-8-5-2/h27,31-33,37H,4-26,28-30H2,1-3H3. The SMILES string of the molecule is CCCCCCCCCCCCc1c(O)cccc1C(CCCCCCCC)CCCCCCCCC. The summed E-state index contributed by atoms with van der Waals surface area (Å²) >= 11 is 0. The van der Waals surface area contributed by atoms with Gasteiger partial charge in [-0.25, -0.2) is 0 Å². The van der Waals surface area contributed by atoms with E-state index in [-0.39, 0.29) is 0 Å². The maximum absolute atomic E-state index is 10.8. The molecule has 0 aliphatic rings. The minimum Gasteiger partial charge on any atom is -0.508 e. The van der Waals surface area contributed by atoms with E-state index in [1.807, 2.05) is 6.07 Å². The summed E-state index contributed by atoms with van der Waals surface area (Å²) < 4.78 is 0. The highest BCUT2D eigenvalue weighted by molar-refractivity contribution is 5.41. The van der Waals surface area contributed by atoms with Crippen LogP contribution in [-0.2, 0) is 6.42 Å². The van der Waals surface area contributed by atoms with E-state index < -0.39 is 0 Å². The van der Waals surface area contributed by atoms with E-state index >= 15 is 0 Å². The maximum atomic E-state index is 10.8. The molecule has 1 heteroatoms. The first-order valence-corrected chi connectivity index (χ1v) is 17.0. The van der Waals surface area contributed by atoms with Crippen molar-refractivity contribution < 1.29 is 5.11 Å². The Morgan fingerprint density at radius 3 is 1.30 bits per heavy atom. The summed E-state index contributed by atoms with van der Waals surface area (Å²) in [7, 11) is 0. The van der Waals surface area contributed by atoms with Crippen LogP contribution >= 0.6 is 0 Å². The quantitative estimate of drug-likeness (QED) is 0.116. The third kappa shape index (κ3) is 18.0. The van der Waals surface area contributed by atoms with Crippen LogP contribution < -0.4 is 0 Å². The molecule has 0 aliphatic carbocycles. The summed E-state index contributed by atoms with van der Waals surface area (Å²) in [4.78, 5) is 0. The molecule has 0 radical (unpaired) electrons. The van der Waals surface area contributed by atoms with E-state index in [9.17, 15) is 5.11 Å². The van der Waals surface area contributed by atoms with Gasteiger partial charge in [0.2, 0.25) is 0 Å². The molecule has 0 aromatic heterocycles. The molecule has 0 saturated carbocycles. The van der Waals surface area contributed by atoms with Crippen LogP contribution in [0.3, 0.4) is 0 Å². The lowest BCUT2D eigenvalue weighted by Gasteiger charge is -2.22. The van der Waals surface area contributed by atoms with E-state index in [0.29, 0.717) is 11.7 Å². The molecule has 0 fully saturated rings. The molecule has 0 amide bonds. The Labute approximate surface area is 233 Å². The zero-order chi connectivity index (χ0) is 26.8. The number of benzene rings is 1. The zero-order valence-electron chi connectivity index (χ0n) is 25.6. The average Bonchev–Trinajstić information content (AvgIpc) is 2.90. The summed E-state index contributed by atoms with van der Waals surface area (Å²) in [5.41, 5.74) is 2.76. The number of phenolic OH excluding ortho intramolecular Hbond substituents is 1. The number of hydrogen-bond acceptors (Lipinski definition) is 1. The Morgan fingerprint density at radius 1 is 0.486 bits per heavy atom. The number of hydrogen-bond donors (Lipinski definition) is 1. The van der Waals surface area contributed by atoms with Gasteiger partial charge >= 0.3 is 0 Å². The molecule has 1 rings (SSSR count). The smallest absolute Gasteiger partial charge is 0.119 e. The number of unbranched alkanes of at least 4 members (excludes halogenated alkanes) is 20. The molecule has 37 heavy (non-hydrogen) atoms.